The minimum Gasteiger partial charge on any atom is -0.480 e. The second kappa shape index (κ2) is 9.68. The van der Waals surface area contributed by atoms with Crippen LogP contribution in [0, 0.1) is 5.82 Å². The van der Waals surface area contributed by atoms with Crippen molar-refractivity contribution in [3.05, 3.63) is 30.1 Å². The fraction of sp³-hybridized carbons (Fsp3) is 0.429. The molecule has 2 N–H and O–H groups in total. The Hall–Kier alpha value is -1.21. The molecule has 0 radical (unpaired) electrons. The summed E-state index contributed by atoms with van der Waals surface area (Å²) in [5.41, 5.74) is 0. The minimum atomic E-state index is -1.03. The summed E-state index contributed by atoms with van der Waals surface area (Å²) in [6.45, 7) is 0. The van der Waals surface area contributed by atoms with Crippen LogP contribution < -0.4 is 5.32 Å². The molecule has 7 heteroatoms. The molecule has 0 bridgehead atoms. The third-order valence-electron chi connectivity index (χ3n) is 2.67. The van der Waals surface area contributed by atoms with Crippen LogP contribution in [-0.2, 0) is 9.59 Å². The molecule has 1 atom stereocenters. The van der Waals surface area contributed by atoms with Gasteiger partial charge >= 0.3 is 5.97 Å². The summed E-state index contributed by atoms with van der Waals surface area (Å²) in [7, 11) is 0. The van der Waals surface area contributed by atoms with Gasteiger partial charge in [0.05, 0.1) is 0 Å². The summed E-state index contributed by atoms with van der Waals surface area (Å²) in [5, 5.41) is 11.5. The van der Waals surface area contributed by atoms with Crippen molar-refractivity contribution < 1.29 is 19.1 Å². The van der Waals surface area contributed by atoms with Gasteiger partial charge in [-0.05, 0) is 30.6 Å². The Balaban J connectivity index is 2.36. The number of aliphatic carboxylic acids is 1. The number of carbonyl (C=O) groups is 2. The van der Waals surface area contributed by atoms with E-state index in [9.17, 15) is 14.0 Å². The lowest BCUT2D eigenvalue weighted by Gasteiger charge is -2.13. The molecule has 0 aromatic heterocycles. The number of hydrogen-bond acceptors (Lipinski definition) is 4. The molecule has 21 heavy (non-hydrogen) atoms. The van der Waals surface area contributed by atoms with Crippen LogP contribution in [0.1, 0.15) is 12.8 Å². The number of benzene rings is 1. The van der Waals surface area contributed by atoms with Crippen LogP contribution in [0.4, 0.5) is 4.39 Å². The Bertz CT molecular complexity index is 485. The third-order valence-corrected chi connectivity index (χ3v) is 4.36. The second-order valence-electron chi connectivity index (χ2n) is 4.27. The first-order chi connectivity index (χ1) is 10.0. The fourth-order valence-electron chi connectivity index (χ4n) is 1.58. The molecule has 4 nitrogen and oxygen atoms in total. The van der Waals surface area contributed by atoms with Gasteiger partial charge in [0.2, 0.25) is 5.91 Å². The van der Waals surface area contributed by atoms with E-state index in [1.54, 1.807) is 18.2 Å². The van der Waals surface area contributed by atoms with E-state index in [0.29, 0.717) is 22.8 Å². The molecule has 1 aromatic carbocycles. The monoisotopic (exact) mass is 331 g/mol. The highest BCUT2D eigenvalue weighted by Gasteiger charge is 2.19. The van der Waals surface area contributed by atoms with Crippen molar-refractivity contribution in [2.45, 2.75) is 23.8 Å². The van der Waals surface area contributed by atoms with E-state index in [2.05, 4.69) is 5.32 Å². The van der Waals surface area contributed by atoms with E-state index in [1.165, 1.54) is 29.6 Å². The van der Waals surface area contributed by atoms with Gasteiger partial charge < -0.3 is 10.4 Å². The molecule has 1 unspecified atom stereocenters. The van der Waals surface area contributed by atoms with Gasteiger partial charge in [-0.25, -0.2) is 9.18 Å². The van der Waals surface area contributed by atoms with Crippen LogP contribution >= 0.6 is 23.5 Å². The van der Waals surface area contributed by atoms with E-state index < -0.39 is 12.0 Å². The number of carbonyl (C=O) groups excluding carboxylic acids is 1. The first-order valence-corrected chi connectivity index (χ1v) is 8.81. The molecule has 0 heterocycles. The first kappa shape index (κ1) is 17.8. The molecule has 0 saturated heterocycles. The van der Waals surface area contributed by atoms with Gasteiger partial charge in [0.15, 0.2) is 0 Å². The highest BCUT2D eigenvalue weighted by atomic mass is 32.2. The topological polar surface area (TPSA) is 66.4 Å². The molecule has 1 rings (SSSR count). The lowest BCUT2D eigenvalue weighted by atomic mass is 10.2. The van der Waals surface area contributed by atoms with Gasteiger partial charge in [-0.2, -0.15) is 11.8 Å². The molecule has 0 aliphatic rings. The largest absolute Gasteiger partial charge is 0.480 e. The number of amides is 1. The molecule has 1 aromatic rings. The van der Waals surface area contributed by atoms with Crippen molar-refractivity contribution in [1.29, 1.82) is 0 Å². The number of thioether (sulfide) groups is 2. The maximum atomic E-state index is 13.4. The minimum absolute atomic E-state index is 0.155. The Morgan fingerprint density at radius 2 is 2.05 bits per heavy atom. The summed E-state index contributed by atoms with van der Waals surface area (Å²) in [6.07, 6.45) is 2.43. The number of rotatable bonds is 9. The van der Waals surface area contributed by atoms with Crippen molar-refractivity contribution in [2.75, 3.05) is 17.8 Å². The predicted molar refractivity (Wildman–Crippen MR) is 84.3 cm³/mol. The van der Waals surface area contributed by atoms with Crippen LogP contribution in [0.15, 0.2) is 29.2 Å². The Kier molecular flexibility index (Phi) is 8.22. The number of nitrogens with one attached hydrogen (secondary N) is 1. The second-order valence-corrected chi connectivity index (χ2v) is 6.39. The molecule has 0 saturated carbocycles. The third kappa shape index (κ3) is 6.86. The van der Waals surface area contributed by atoms with E-state index in [0.717, 1.165) is 0 Å². The molecular formula is C14H18FNO3S2. The van der Waals surface area contributed by atoms with Crippen molar-refractivity contribution >= 4 is 35.4 Å². The van der Waals surface area contributed by atoms with Gasteiger partial charge in [-0.15, -0.1) is 11.8 Å². The van der Waals surface area contributed by atoms with Crippen LogP contribution in [-0.4, -0.2) is 40.8 Å². The normalized spacial score (nSPS) is 11.9. The van der Waals surface area contributed by atoms with Gasteiger partial charge in [0.25, 0.3) is 0 Å². The van der Waals surface area contributed by atoms with Crippen LogP contribution in [0.25, 0.3) is 0 Å². The van der Waals surface area contributed by atoms with Crippen molar-refractivity contribution in [3.63, 3.8) is 0 Å². The van der Waals surface area contributed by atoms with E-state index in [4.69, 9.17) is 5.11 Å². The number of carboxylic acids is 1. The Labute approximate surface area is 131 Å². The summed E-state index contributed by atoms with van der Waals surface area (Å²) < 4.78 is 13.4. The summed E-state index contributed by atoms with van der Waals surface area (Å²) in [4.78, 5) is 23.2. The molecular weight excluding hydrogens is 313 g/mol. The van der Waals surface area contributed by atoms with Gasteiger partial charge in [-0.3, -0.25) is 4.79 Å². The van der Waals surface area contributed by atoms with Crippen LogP contribution in [0.5, 0.6) is 0 Å². The van der Waals surface area contributed by atoms with Gasteiger partial charge in [0.1, 0.15) is 11.9 Å². The van der Waals surface area contributed by atoms with E-state index in [-0.39, 0.29) is 18.1 Å². The Morgan fingerprint density at radius 1 is 1.33 bits per heavy atom. The summed E-state index contributed by atoms with van der Waals surface area (Å²) in [5.74, 6) is -0.596. The summed E-state index contributed by atoms with van der Waals surface area (Å²) >= 11 is 2.77. The SMILES string of the molecule is CSCCC(NC(=O)CCSc1ccccc1F)C(=O)O. The van der Waals surface area contributed by atoms with Gasteiger partial charge in [-0.1, -0.05) is 12.1 Å². The number of carboxylic acid groups (broad SMARTS) is 1. The smallest absolute Gasteiger partial charge is 0.326 e. The van der Waals surface area contributed by atoms with E-state index >= 15 is 0 Å². The zero-order valence-electron chi connectivity index (χ0n) is 11.7. The quantitative estimate of drug-likeness (QED) is 0.681. The maximum absolute atomic E-state index is 13.4. The lowest BCUT2D eigenvalue weighted by molar-refractivity contribution is -0.141. The summed E-state index contributed by atoms with van der Waals surface area (Å²) in [6, 6.07) is 5.49. The van der Waals surface area contributed by atoms with Crippen molar-refractivity contribution in [2.24, 2.45) is 0 Å². The molecule has 0 spiro atoms. The molecule has 0 fully saturated rings. The Morgan fingerprint density at radius 3 is 2.67 bits per heavy atom. The first-order valence-electron chi connectivity index (χ1n) is 6.43. The maximum Gasteiger partial charge on any atom is 0.326 e. The zero-order chi connectivity index (χ0) is 15.7. The van der Waals surface area contributed by atoms with Crippen LogP contribution in [0.3, 0.4) is 0 Å². The molecule has 1 amide bonds. The average molecular weight is 331 g/mol. The van der Waals surface area contributed by atoms with E-state index in [1.807, 2.05) is 6.26 Å². The standard InChI is InChI=1S/C14H18FNO3S2/c1-20-8-6-11(14(18)19)16-13(17)7-9-21-12-5-3-2-4-10(12)15/h2-5,11H,6-9H2,1H3,(H,16,17)(H,18,19). The molecule has 0 aliphatic carbocycles. The lowest BCUT2D eigenvalue weighted by Crippen LogP contribution is -2.41. The number of halogens is 1. The number of hydrogen-bond donors (Lipinski definition) is 2. The van der Waals surface area contributed by atoms with Crippen LogP contribution in [0.2, 0.25) is 0 Å². The fourth-order valence-corrected chi connectivity index (χ4v) is 2.93. The highest BCUT2D eigenvalue weighted by molar-refractivity contribution is 7.99. The van der Waals surface area contributed by atoms with Gasteiger partial charge in [0, 0.05) is 17.1 Å². The zero-order valence-corrected chi connectivity index (χ0v) is 13.3. The molecule has 0 aliphatic heterocycles. The molecule has 116 valence electrons. The van der Waals surface area contributed by atoms with Crippen molar-refractivity contribution in [1.82, 2.24) is 5.32 Å². The van der Waals surface area contributed by atoms with Crippen molar-refractivity contribution in [3.8, 4) is 0 Å². The predicted octanol–water partition coefficient (Wildman–Crippen LogP) is 2.63. The highest BCUT2D eigenvalue weighted by Crippen LogP contribution is 2.21. The average Bonchev–Trinajstić information content (AvgIpc) is 2.45.